The van der Waals surface area contributed by atoms with Crippen LogP contribution in [0.15, 0.2) is 48.5 Å². The normalized spacial score (nSPS) is 11.1. The summed E-state index contributed by atoms with van der Waals surface area (Å²) in [6.45, 7) is 6.95. The van der Waals surface area contributed by atoms with E-state index >= 15 is 0 Å². The number of nitrogens with two attached hydrogens (primary N) is 1. The fraction of sp³-hybridized carbons (Fsp3) is 0.667. The van der Waals surface area contributed by atoms with Crippen molar-refractivity contribution >= 4 is 22.7 Å². The third kappa shape index (κ3) is 16.5. The van der Waals surface area contributed by atoms with Crippen LogP contribution in [0.25, 0.3) is 0 Å². The molecular formula is C36H61N3. The summed E-state index contributed by atoms with van der Waals surface area (Å²) < 4.78 is 0. The number of hydrogen-bond donors (Lipinski definition) is 2. The Bertz CT molecular complexity index is 775. The Balaban J connectivity index is 1.74. The molecule has 220 valence electrons. The zero-order chi connectivity index (χ0) is 27.8. The Hall–Kier alpha value is -2.16. The standard InChI is InChI=1S/C36H61N3/c1-3-5-7-9-11-13-15-17-19-21-31-39(32-22-20-18-16-14-12-10-8-6-4-2)36-29-27-35(28-30-36)38-34-25-23-33(37)24-26-34/h23-30,38H,3-22,31-32,37H2,1-2H3. The average molecular weight is 536 g/mol. The van der Waals surface area contributed by atoms with Crippen LogP contribution in [0.5, 0.6) is 0 Å². The van der Waals surface area contributed by atoms with Crippen LogP contribution in [-0.4, -0.2) is 13.1 Å². The summed E-state index contributed by atoms with van der Waals surface area (Å²) in [7, 11) is 0. The molecule has 2 rings (SSSR count). The topological polar surface area (TPSA) is 41.3 Å². The summed E-state index contributed by atoms with van der Waals surface area (Å²) >= 11 is 0. The molecular weight excluding hydrogens is 474 g/mol. The van der Waals surface area contributed by atoms with Crippen LogP contribution < -0.4 is 16.0 Å². The van der Waals surface area contributed by atoms with Gasteiger partial charge >= 0.3 is 0 Å². The molecule has 0 saturated carbocycles. The maximum Gasteiger partial charge on any atom is 0.0385 e. The van der Waals surface area contributed by atoms with E-state index in [0.29, 0.717) is 0 Å². The average Bonchev–Trinajstić information content (AvgIpc) is 2.95. The fourth-order valence-electron chi connectivity index (χ4n) is 5.44. The third-order valence-corrected chi connectivity index (χ3v) is 7.99. The van der Waals surface area contributed by atoms with Crippen molar-refractivity contribution in [1.29, 1.82) is 0 Å². The zero-order valence-electron chi connectivity index (χ0n) is 25.7. The molecule has 2 aromatic carbocycles. The maximum absolute atomic E-state index is 5.83. The monoisotopic (exact) mass is 535 g/mol. The van der Waals surface area contributed by atoms with Gasteiger partial charge in [-0.1, -0.05) is 129 Å². The van der Waals surface area contributed by atoms with Gasteiger partial charge in [-0.2, -0.15) is 0 Å². The highest BCUT2D eigenvalue weighted by atomic mass is 15.1. The SMILES string of the molecule is CCCCCCCCCCCCN(CCCCCCCCCCCC)c1ccc(Nc2ccc(N)cc2)cc1. The predicted molar refractivity (Wildman–Crippen MR) is 176 cm³/mol. The number of nitrogens with zero attached hydrogens (tertiary/aromatic N) is 1. The minimum Gasteiger partial charge on any atom is -0.399 e. The molecule has 0 aromatic heterocycles. The number of hydrogen-bond acceptors (Lipinski definition) is 3. The van der Waals surface area contributed by atoms with Crippen LogP contribution in [0.2, 0.25) is 0 Å². The smallest absolute Gasteiger partial charge is 0.0385 e. The molecule has 0 heterocycles. The van der Waals surface area contributed by atoms with Gasteiger partial charge in [-0.15, -0.1) is 0 Å². The molecule has 2 aromatic rings. The number of unbranched alkanes of at least 4 members (excludes halogenated alkanes) is 18. The Labute approximate surface area is 242 Å². The first kappa shape index (κ1) is 33.0. The Kier molecular flexibility index (Phi) is 19.2. The molecule has 0 saturated heterocycles. The minimum absolute atomic E-state index is 0.797. The maximum atomic E-state index is 5.83. The molecule has 0 spiro atoms. The van der Waals surface area contributed by atoms with Crippen LogP contribution in [0.4, 0.5) is 22.7 Å². The van der Waals surface area contributed by atoms with Crippen LogP contribution in [0.3, 0.4) is 0 Å². The van der Waals surface area contributed by atoms with E-state index in [0.717, 1.165) is 17.1 Å². The van der Waals surface area contributed by atoms with Gasteiger partial charge in [0.25, 0.3) is 0 Å². The van der Waals surface area contributed by atoms with Gasteiger partial charge in [0.15, 0.2) is 0 Å². The molecule has 0 atom stereocenters. The lowest BCUT2D eigenvalue weighted by atomic mass is 10.1. The molecule has 0 unspecified atom stereocenters. The second-order valence-corrected chi connectivity index (χ2v) is 11.6. The summed E-state index contributed by atoms with van der Waals surface area (Å²) in [6.07, 6.45) is 27.9. The highest BCUT2D eigenvalue weighted by Crippen LogP contribution is 2.23. The first-order valence-corrected chi connectivity index (χ1v) is 16.7. The number of benzene rings is 2. The largest absolute Gasteiger partial charge is 0.399 e. The highest BCUT2D eigenvalue weighted by molar-refractivity contribution is 5.64. The molecule has 0 bridgehead atoms. The van der Waals surface area contributed by atoms with Gasteiger partial charge in [0.2, 0.25) is 0 Å². The molecule has 0 radical (unpaired) electrons. The second-order valence-electron chi connectivity index (χ2n) is 11.6. The summed E-state index contributed by atoms with van der Waals surface area (Å²) in [5, 5.41) is 3.50. The lowest BCUT2D eigenvalue weighted by molar-refractivity contribution is 0.543. The van der Waals surface area contributed by atoms with Crippen molar-refractivity contribution in [2.24, 2.45) is 0 Å². The fourth-order valence-corrected chi connectivity index (χ4v) is 5.44. The summed E-state index contributed by atoms with van der Waals surface area (Å²) in [5.41, 5.74) is 10.2. The molecule has 0 aliphatic rings. The second kappa shape index (κ2) is 22.6. The van der Waals surface area contributed by atoms with Crippen LogP contribution in [0.1, 0.15) is 142 Å². The quantitative estimate of drug-likeness (QED) is 0.0981. The number of nitrogens with one attached hydrogen (secondary N) is 1. The van der Waals surface area contributed by atoms with Crippen molar-refractivity contribution in [2.75, 3.05) is 29.0 Å². The number of rotatable bonds is 25. The van der Waals surface area contributed by atoms with Crippen molar-refractivity contribution in [3.05, 3.63) is 48.5 Å². The third-order valence-electron chi connectivity index (χ3n) is 7.99. The van der Waals surface area contributed by atoms with Crippen LogP contribution in [-0.2, 0) is 0 Å². The first-order valence-electron chi connectivity index (χ1n) is 16.7. The molecule has 0 amide bonds. The van der Waals surface area contributed by atoms with Crippen molar-refractivity contribution in [2.45, 2.75) is 142 Å². The molecule has 3 N–H and O–H groups in total. The van der Waals surface area contributed by atoms with Gasteiger partial charge in [0, 0.05) is 35.8 Å². The molecule has 0 aliphatic carbocycles. The zero-order valence-corrected chi connectivity index (χ0v) is 25.7. The van der Waals surface area contributed by atoms with E-state index in [1.54, 1.807) is 0 Å². The van der Waals surface area contributed by atoms with Gasteiger partial charge in [-0.25, -0.2) is 0 Å². The Morgan fingerprint density at radius 1 is 0.462 bits per heavy atom. The lowest BCUT2D eigenvalue weighted by Crippen LogP contribution is -2.25. The highest BCUT2D eigenvalue weighted by Gasteiger charge is 2.07. The van der Waals surface area contributed by atoms with E-state index in [4.69, 9.17) is 5.73 Å². The van der Waals surface area contributed by atoms with Crippen molar-refractivity contribution in [3.63, 3.8) is 0 Å². The molecule has 3 nitrogen and oxygen atoms in total. The number of anilines is 4. The summed E-state index contributed by atoms with van der Waals surface area (Å²) in [5.74, 6) is 0. The van der Waals surface area contributed by atoms with Gasteiger partial charge in [0.05, 0.1) is 0 Å². The van der Waals surface area contributed by atoms with E-state index in [-0.39, 0.29) is 0 Å². The molecule has 0 fully saturated rings. The Morgan fingerprint density at radius 2 is 0.795 bits per heavy atom. The lowest BCUT2D eigenvalue weighted by Gasteiger charge is -2.25. The van der Waals surface area contributed by atoms with Gasteiger partial charge in [-0.05, 0) is 61.4 Å². The summed E-state index contributed by atoms with van der Waals surface area (Å²) in [4.78, 5) is 2.64. The van der Waals surface area contributed by atoms with Gasteiger partial charge in [0.1, 0.15) is 0 Å². The van der Waals surface area contributed by atoms with Crippen LogP contribution >= 0.6 is 0 Å². The molecule has 0 aliphatic heterocycles. The first-order chi connectivity index (χ1) is 19.2. The Morgan fingerprint density at radius 3 is 1.18 bits per heavy atom. The van der Waals surface area contributed by atoms with E-state index in [9.17, 15) is 0 Å². The van der Waals surface area contributed by atoms with Gasteiger partial charge in [-0.3, -0.25) is 0 Å². The van der Waals surface area contributed by atoms with E-state index in [1.165, 1.54) is 147 Å². The van der Waals surface area contributed by atoms with Crippen molar-refractivity contribution < 1.29 is 0 Å². The van der Waals surface area contributed by atoms with Crippen LogP contribution in [0, 0.1) is 0 Å². The number of nitrogen functional groups attached to an aromatic ring is 1. The minimum atomic E-state index is 0.797. The predicted octanol–water partition coefficient (Wildman–Crippen LogP) is 11.7. The summed E-state index contributed by atoms with van der Waals surface area (Å²) in [6, 6.07) is 17.0. The molecule has 3 heteroatoms. The van der Waals surface area contributed by atoms with Crippen molar-refractivity contribution in [1.82, 2.24) is 0 Å². The molecule has 39 heavy (non-hydrogen) atoms. The van der Waals surface area contributed by atoms with E-state index in [1.807, 2.05) is 24.3 Å². The van der Waals surface area contributed by atoms with Crippen molar-refractivity contribution in [3.8, 4) is 0 Å². The van der Waals surface area contributed by atoms with Gasteiger partial charge < -0.3 is 16.0 Å². The van der Waals surface area contributed by atoms with E-state index < -0.39 is 0 Å². The van der Waals surface area contributed by atoms with E-state index in [2.05, 4.69) is 48.3 Å².